The summed E-state index contributed by atoms with van der Waals surface area (Å²) >= 11 is 0. The summed E-state index contributed by atoms with van der Waals surface area (Å²) in [5.41, 5.74) is 4.39. The molecule has 2 aromatic carbocycles. The molecule has 2 heterocycles. The highest BCUT2D eigenvalue weighted by atomic mass is 19.1. The number of fused-ring (bicyclic) bond motifs is 1. The van der Waals surface area contributed by atoms with Crippen LogP contribution in [0.15, 0.2) is 67.0 Å². The average molecular weight is 415 g/mol. The number of hydrogen-bond acceptors (Lipinski definition) is 4. The maximum atomic E-state index is 14.4. The summed E-state index contributed by atoms with van der Waals surface area (Å²) in [4.78, 5) is 21.1. The highest BCUT2D eigenvalue weighted by Gasteiger charge is 2.13. The molecule has 0 spiro atoms. The van der Waals surface area contributed by atoms with Crippen molar-refractivity contribution in [1.29, 1.82) is 0 Å². The molecule has 0 radical (unpaired) electrons. The van der Waals surface area contributed by atoms with Gasteiger partial charge in [0.25, 0.3) is 0 Å². The van der Waals surface area contributed by atoms with Gasteiger partial charge in [-0.05, 0) is 60.9 Å². The number of benzene rings is 2. The van der Waals surface area contributed by atoms with Gasteiger partial charge in [0, 0.05) is 23.8 Å². The number of amides is 1. The Morgan fingerprint density at radius 1 is 1.10 bits per heavy atom. The number of carbonyl (C=O) groups is 1. The Hall–Kier alpha value is -3.80. The van der Waals surface area contributed by atoms with E-state index in [4.69, 9.17) is 4.74 Å². The number of nitrogens with zero attached hydrogens (tertiary/aromatic N) is 2. The summed E-state index contributed by atoms with van der Waals surface area (Å²) < 4.78 is 19.9. The molecule has 0 saturated heterocycles. The van der Waals surface area contributed by atoms with Crippen LogP contribution in [0.2, 0.25) is 0 Å². The number of rotatable bonds is 6. The lowest BCUT2D eigenvalue weighted by Gasteiger charge is -2.13. The fraction of sp³-hybridized carbons (Fsp3) is 0.160. The van der Waals surface area contributed by atoms with Crippen molar-refractivity contribution >= 4 is 16.8 Å². The number of hydrogen-bond donors (Lipinski definition) is 1. The summed E-state index contributed by atoms with van der Waals surface area (Å²) in [6.07, 6.45) is 3.35. The lowest BCUT2D eigenvalue weighted by molar-refractivity contribution is -0.120. The number of nitrogens with one attached hydrogen (secondary N) is 1. The molecule has 0 aliphatic rings. The second kappa shape index (κ2) is 8.92. The van der Waals surface area contributed by atoms with E-state index in [2.05, 4.69) is 15.3 Å². The molecule has 5 nitrogen and oxygen atoms in total. The largest absolute Gasteiger partial charge is 0.453 e. The molecule has 0 saturated carbocycles. The van der Waals surface area contributed by atoms with E-state index in [9.17, 15) is 9.18 Å². The van der Waals surface area contributed by atoms with Crippen molar-refractivity contribution in [2.45, 2.75) is 26.8 Å². The molecule has 2 aromatic heterocycles. The second-order valence-electron chi connectivity index (χ2n) is 7.33. The summed E-state index contributed by atoms with van der Waals surface area (Å²) in [7, 11) is 0. The quantitative estimate of drug-likeness (QED) is 0.479. The average Bonchev–Trinajstić information content (AvgIpc) is 2.77. The summed E-state index contributed by atoms with van der Waals surface area (Å²) in [5.74, 6) is -0.0749. The van der Waals surface area contributed by atoms with Crippen molar-refractivity contribution in [2.24, 2.45) is 0 Å². The molecule has 4 rings (SSSR count). The Kier molecular flexibility index (Phi) is 5.89. The summed E-state index contributed by atoms with van der Waals surface area (Å²) in [6.45, 7) is 4.15. The fourth-order valence-electron chi connectivity index (χ4n) is 3.53. The molecular formula is C25H22FN3O2. The molecule has 0 bridgehead atoms. The van der Waals surface area contributed by atoms with E-state index < -0.39 is 5.82 Å². The smallest absolute Gasteiger partial charge is 0.224 e. The highest BCUT2D eigenvalue weighted by Crippen LogP contribution is 2.25. The minimum atomic E-state index is -0.499. The zero-order valence-electron chi connectivity index (χ0n) is 17.4. The van der Waals surface area contributed by atoms with Crippen LogP contribution < -0.4 is 10.1 Å². The highest BCUT2D eigenvalue weighted by molar-refractivity contribution is 5.86. The third-order valence-electron chi connectivity index (χ3n) is 5.17. The molecule has 156 valence electrons. The van der Waals surface area contributed by atoms with Crippen LogP contribution in [-0.4, -0.2) is 15.9 Å². The first-order valence-corrected chi connectivity index (χ1v) is 9.99. The van der Waals surface area contributed by atoms with Crippen LogP contribution in [0.5, 0.6) is 11.5 Å². The van der Waals surface area contributed by atoms with Crippen LogP contribution in [0.1, 0.15) is 22.4 Å². The SMILES string of the molecule is Cc1nc2ccccc2c(C)c1CC(=O)NCc1ccc(Oc2cccnc2)c(F)c1. The lowest BCUT2D eigenvalue weighted by Crippen LogP contribution is -2.25. The fourth-order valence-corrected chi connectivity index (χ4v) is 3.53. The predicted octanol–water partition coefficient (Wildman–Crippen LogP) is 5.04. The molecule has 1 N–H and O–H groups in total. The van der Waals surface area contributed by atoms with Gasteiger partial charge in [-0.1, -0.05) is 24.3 Å². The number of aromatic nitrogens is 2. The molecule has 0 unspecified atom stereocenters. The van der Waals surface area contributed by atoms with Crippen molar-refractivity contribution in [1.82, 2.24) is 15.3 Å². The Morgan fingerprint density at radius 3 is 2.71 bits per heavy atom. The van der Waals surface area contributed by atoms with Crippen molar-refractivity contribution in [3.05, 3.63) is 95.2 Å². The number of halogens is 1. The topological polar surface area (TPSA) is 64.1 Å². The molecule has 0 fully saturated rings. The second-order valence-corrected chi connectivity index (χ2v) is 7.33. The molecule has 4 aromatic rings. The number of para-hydroxylation sites is 1. The third-order valence-corrected chi connectivity index (χ3v) is 5.17. The van der Waals surface area contributed by atoms with Gasteiger partial charge in [0.2, 0.25) is 5.91 Å². The predicted molar refractivity (Wildman–Crippen MR) is 117 cm³/mol. The molecule has 0 atom stereocenters. The first kappa shape index (κ1) is 20.5. The van der Waals surface area contributed by atoms with Gasteiger partial charge in [0.15, 0.2) is 11.6 Å². The molecule has 31 heavy (non-hydrogen) atoms. The van der Waals surface area contributed by atoms with E-state index in [0.29, 0.717) is 11.3 Å². The Bertz CT molecular complexity index is 1240. The van der Waals surface area contributed by atoms with E-state index in [1.165, 1.54) is 12.3 Å². The van der Waals surface area contributed by atoms with Crippen LogP contribution in [0.25, 0.3) is 10.9 Å². The minimum absolute atomic E-state index is 0.108. The normalized spacial score (nSPS) is 10.8. The summed E-state index contributed by atoms with van der Waals surface area (Å²) in [5, 5.41) is 3.91. The Labute approximate surface area is 179 Å². The monoisotopic (exact) mass is 415 g/mol. The van der Waals surface area contributed by atoms with Crippen LogP contribution in [0.4, 0.5) is 4.39 Å². The Morgan fingerprint density at radius 2 is 1.94 bits per heavy atom. The molecule has 1 amide bonds. The van der Waals surface area contributed by atoms with E-state index in [0.717, 1.165) is 27.7 Å². The van der Waals surface area contributed by atoms with E-state index in [1.54, 1.807) is 30.5 Å². The number of ether oxygens (including phenoxy) is 1. The van der Waals surface area contributed by atoms with Crippen LogP contribution in [0.3, 0.4) is 0 Å². The zero-order chi connectivity index (χ0) is 21.8. The van der Waals surface area contributed by atoms with E-state index >= 15 is 0 Å². The van der Waals surface area contributed by atoms with Gasteiger partial charge in [-0.3, -0.25) is 14.8 Å². The molecule has 0 aliphatic carbocycles. The van der Waals surface area contributed by atoms with Crippen molar-refractivity contribution < 1.29 is 13.9 Å². The van der Waals surface area contributed by atoms with E-state index in [-0.39, 0.29) is 24.6 Å². The van der Waals surface area contributed by atoms with Crippen molar-refractivity contribution in [3.63, 3.8) is 0 Å². The van der Waals surface area contributed by atoms with Gasteiger partial charge < -0.3 is 10.1 Å². The summed E-state index contributed by atoms with van der Waals surface area (Å²) in [6, 6.07) is 15.9. The standard InChI is InChI=1S/C25H22FN3O2/c1-16-20-7-3-4-8-23(20)29-17(2)21(16)13-25(30)28-14-18-9-10-24(22(26)12-18)31-19-6-5-11-27-15-19/h3-12,15H,13-14H2,1-2H3,(H,28,30). The molecule has 6 heteroatoms. The van der Waals surface area contributed by atoms with Gasteiger partial charge >= 0.3 is 0 Å². The molecular weight excluding hydrogens is 393 g/mol. The van der Waals surface area contributed by atoms with Crippen molar-refractivity contribution in [2.75, 3.05) is 0 Å². The Balaban J connectivity index is 1.41. The van der Waals surface area contributed by atoms with Gasteiger partial charge in [0.05, 0.1) is 18.1 Å². The number of pyridine rings is 2. The van der Waals surface area contributed by atoms with Crippen LogP contribution in [-0.2, 0) is 17.8 Å². The van der Waals surface area contributed by atoms with Gasteiger partial charge in [-0.15, -0.1) is 0 Å². The minimum Gasteiger partial charge on any atom is -0.453 e. The first-order valence-electron chi connectivity index (χ1n) is 9.99. The zero-order valence-corrected chi connectivity index (χ0v) is 17.4. The van der Waals surface area contributed by atoms with E-state index in [1.807, 2.05) is 38.1 Å². The molecule has 0 aliphatic heterocycles. The van der Waals surface area contributed by atoms with Gasteiger partial charge in [-0.2, -0.15) is 0 Å². The van der Waals surface area contributed by atoms with Crippen LogP contribution in [0, 0.1) is 19.7 Å². The van der Waals surface area contributed by atoms with Crippen molar-refractivity contribution in [3.8, 4) is 11.5 Å². The maximum absolute atomic E-state index is 14.4. The van der Waals surface area contributed by atoms with Gasteiger partial charge in [-0.25, -0.2) is 4.39 Å². The number of carbonyl (C=O) groups excluding carboxylic acids is 1. The third kappa shape index (κ3) is 4.69. The first-order chi connectivity index (χ1) is 15.0. The lowest BCUT2D eigenvalue weighted by atomic mass is 9.99. The maximum Gasteiger partial charge on any atom is 0.224 e. The van der Waals surface area contributed by atoms with Crippen LogP contribution >= 0.6 is 0 Å². The van der Waals surface area contributed by atoms with Gasteiger partial charge in [0.1, 0.15) is 5.75 Å². The number of aryl methyl sites for hydroxylation is 2.